The van der Waals surface area contributed by atoms with Gasteiger partial charge in [0.25, 0.3) is 0 Å². The first-order chi connectivity index (χ1) is 22.7. The van der Waals surface area contributed by atoms with Crippen molar-refractivity contribution in [1.82, 2.24) is 16.0 Å². The Kier molecular flexibility index (Phi) is 14.9. The number of furan rings is 1. The number of carbonyl (C=O) groups is 4. The van der Waals surface area contributed by atoms with Crippen LogP contribution in [-0.2, 0) is 38.4 Å². The second-order valence-corrected chi connectivity index (χ2v) is 10.8. The zero-order valence-electron chi connectivity index (χ0n) is 26.8. The average molecular weight is 650 g/mol. The smallest absolute Gasteiger partial charge is 0.342 e. The number of hydrogen-bond donors (Lipinski definition) is 6. The van der Waals surface area contributed by atoms with Crippen LogP contribution in [0, 0.1) is 11.8 Å². The molecular formula is C35H43N3O9. The number of aliphatic hydroxyl groups excluding tert-OH is 3. The molecule has 0 radical (unpaired) electrons. The largest absolute Gasteiger partial charge is 0.462 e. The normalized spacial score (nSPS) is 12.0. The summed E-state index contributed by atoms with van der Waals surface area (Å²) >= 11 is 0. The second kappa shape index (κ2) is 19.1. The summed E-state index contributed by atoms with van der Waals surface area (Å²) < 4.78 is 11.5. The quantitative estimate of drug-likeness (QED) is 0.0717. The molecule has 2 aromatic carbocycles. The molecule has 47 heavy (non-hydrogen) atoms. The van der Waals surface area contributed by atoms with Crippen molar-refractivity contribution in [2.75, 3.05) is 33.0 Å². The standard InChI is InChI=1S/C35H43N3O9/c1-3-46-35(45)31-27-20-25(19-26(13-8-5-9-16-39)32(27)47-30(31)14-10-17-40)22-28(33(43)36-15-18-41)38-34(44)29(37-23(2)42)21-24-11-6-4-7-12-24/h4,6-7,11-12,19-20,28-29,39-41H,3,5,9-10,14-18,21-22H2,1-2H3,(H,36,43)(H,37,42)(H,38,44)/t28-,29-/m0/s1. The molecule has 0 bridgehead atoms. The summed E-state index contributed by atoms with van der Waals surface area (Å²) in [6.07, 6.45) is 1.61. The Morgan fingerprint density at radius 2 is 1.60 bits per heavy atom. The summed E-state index contributed by atoms with van der Waals surface area (Å²) in [4.78, 5) is 52.0. The third-order valence-electron chi connectivity index (χ3n) is 7.11. The fourth-order valence-electron chi connectivity index (χ4n) is 5.01. The monoisotopic (exact) mass is 649 g/mol. The van der Waals surface area contributed by atoms with E-state index in [1.165, 1.54) is 6.92 Å². The van der Waals surface area contributed by atoms with Crippen LogP contribution in [0.3, 0.4) is 0 Å². The van der Waals surface area contributed by atoms with E-state index < -0.39 is 35.8 Å². The van der Waals surface area contributed by atoms with E-state index in [9.17, 15) is 34.5 Å². The van der Waals surface area contributed by atoms with Gasteiger partial charge in [0.05, 0.1) is 18.8 Å². The first-order valence-electron chi connectivity index (χ1n) is 15.7. The van der Waals surface area contributed by atoms with E-state index in [1.54, 1.807) is 19.1 Å². The van der Waals surface area contributed by atoms with Gasteiger partial charge in [-0.2, -0.15) is 0 Å². The van der Waals surface area contributed by atoms with Crippen molar-refractivity contribution in [3.05, 3.63) is 70.5 Å². The molecule has 6 N–H and O–H groups in total. The highest BCUT2D eigenvalue weighted by Crippen LogP contribution is 2.32. The van der Waals surface area contributed by atoms with Crippen molar-refractivity contribution in [3.8, 4) is 11.8 Å². The van der Waals surface area contributed by atoms with Gasteiger partial charge in [-0.05, 0) is 43.0 Å². The predicted molar refractivity (Wildman–Crippen MR) is 174 cm³/mol. The highest BCUT2D eigenvalue weighted by atomic mass is 16.5. The molecule has 1 heterocycles. The van der Waals surface area contributed by atoms with E-state index in [-0.39, 0.29) is 57.8 Å². The molecule has 3 rings (SSSR count). The molecule has 12 nitrogen and oxygen atoms in total. The number of amides is 3. The molecule has 0 saturated carbocycles. The van der Waals surface area contributed by atoms with Crippen LogP contribution in [0.25, 0.3) is 11.0 Å². The molecule has 0 unspecified atom stereocenters. The number of nitrogens with one attached hydrogen (secondary N) is 3. The minimum absolute atomic E-state index is 0.0305. The maximum atomic E-state index is 13.6. The lowest BCUT2D eigenvalue weighted by atomic mass is 9.97. The molecule has 0 spiro atoms. The van der Waals surface area contributed by atoms with Crippen LogP contribution in [0.2, 0.25) is 0 Å². The molecule has 0 aliphatic carbocycles. The second-order valence-electron chi connectivity index (χ2n) is 10.8. The zero-order valence-corrected chi connectivity index (χ0v) is 26.8. The van der Waals surface area contributed by atoms with Crippen LogP contribution in [0.1, 0.15) is 65.9 Å². The summed E-state index contributed by atoms with van der Waals surface area (Å²) in [6.45, 7) is 2.59. The Labute approximate surface area is 273 Å². The van der Waals surface area contributed by atoms with Crippen molar-refractivity contribution in [2.24, 2.45) is 0 Å². The van der Waals surface area contributed by atoms with E-state index in [1.807, 2.05) is 30.3 Å². The van der Waals surface area contributed by atoms with E-state index in [0.29, 0.717) is 47.1 Å². The maximum absolute atomic E-state index is 13.6. The van der Waals surface area contributed by atoms with Gasteiger partial charge in [0.1, 0.15) is 23.4 Å². The van der Waals surface area contributed by atoms with Gasteiger partial charge in [-0.25, -0.2) is 4.79 Å². The fraction of sp³-hybridized carbons (Fsp3) is 0.429. The molecule has 252 valence electrons. The fourth-order valence-corrected chi connectivity index (χ4v) is 5.01. The van der Waals surface area contributed by atoms with Crippen LogP contribution in [0.15, 0.2) is 46.9 Å². The number of fused-ring (bicyclic) bond motifs is 1. The number of carbonyl (C=O) groups excluding carboxylic acids is 4. The Morgan fingerprint density at radius 1 is 0.894 bits per heavy atom. The lowest BCUT2D eigenvalue weighted by molar-refractivity contribution is -0.131. The molecule has 3 amide bonds. The van der Waals surface area contributed by atoms with E-state index >= 15 is 0 Å². The van der Waals surface area contributed by atoms with Gasteiger partial charge in [-0.3, -0.25) is 14.4 Å². The molecule has 0 aliphatic heterocycles. The zero-order chi connectivity index (χ0) is 34.2. The number of esters is 1. The van der Waals surface area contributed by atoms with Crippen LogP contribution >= 0.6 is 0 Å². The van der Waals surface area contributed by atoms with Crippen LogP contribution in [0.5, 0.6) is 0 Å². The van der Waals surface area contributed by atoms with Gasteiger partial charge in [-0.15, -0.1) is 0 Å². The van der Waals surface area contributed by atoms with Crippen molar-refractivity contribution >= 4 is 34.7 Å². The SMILES string of the molecule is CCOC(=O)c1c(CCCO)oc2c(C#CCCCO)cc(C[C@H](NC(=O)[C@H](Cc3ccccc3)NC(C)=O)C(=O)NCCO)cc12. The van der Waals surface area contributed by atoms with E-state index in [4.69, 9.17) is 9.15 Å². The van der Waals surface area contributed by atoms with Crippen LogP contribution < -0.4 is 16.0 Å². The number of rotatable bonds is 17. The van der Waals surface area contributed by atoms with Crippen LogP contribution in [-0.4, -0.2) is 84.1 Å². The summed E-state index contributed by atoms with van der Waals surface area (Å²) in [6, 6.07) is 10.4. The minimum atomic E-state index is -1.14. The van der Waals surface area contributed by atoms with Crippen molar-refractivity contribution < 1.29 is 43.7 Å². The summed E-state index contributed by atoms with van der Waals surface area (Å²) in [5.74, 6) is 4.20. The van der Waals surface area contributed by atoms with E-state index in [0.717, 1.165) is 5.56 Å². The Bertz CT molecular complexity index is 1570. The van der Waals surface area contributed by atoms with Gasteiger partial charge < -0.3 is 40.4 Å². The molecule has 3 aromatic rings. The summed E-state index contributed by atoms with van der Waals surface area (Å²) in [5.41, 5.74) is 2.29. The number of ether oxygens (including phenoxy) is 1. The topological polar surface area (TPSA) is 187 Å². The number of benzene rings is 2. The van der Waals surface area contributed by atoms with Gasteiger partial charge in [0.2, 0.25) is 17.7 Å². The molecule has 12 heteroatoms. The molecule has 0 aliphatic rings. The Balaban J connectivity index is 2.08. The van der Waals surface area contributed by atoms with Crippen LogP contribution in [0.4, 0.5) is 0 Å². The first kappa shape index (κ1) is 36.8. The number of aliphatic hydroxyl groups is 3. The van der Waals surface area contributed by atoms with Gasteiger partial charge in [-0.1, -0.05) is 42.2 Å². The number of unbranched alkanes of at least 4 members (excludes halogenated alkanes) is 1. The molecule has 2 atom stereocenters. The average Bonchev–Trinajstić information content (AvgIpc) is 3.42. The molecule has 0 fully saturated rings. The number of aryl methyl sites for hydroxylation is 1. The Morgan fingerprint density at radius 3 is 2.26 bits per heavy atom. The predicted octanol–water partition coefficient (Wildman–Crippen LogP) is 1.54. The van der Waals surface area contributed by atoms with Gasteiger partial charge in [0, 0.05) is 57.8 Å². The highest BCUT2D eigenvalue weighted by Gasteiger charge is 2.29. The van der Waals surface area contributed by atoms with E-state index in [2.05, 4.69) is 27.8 Å². The molecular weight excluding hydrogens is 606 g/mol. The Hall–Kier alpha value is -4.70. The third-order valence-corrected chi connectivity index (χ3v) is 7.11. The third kappa shape index (κ3) is 11.0. The summed E-state index contributed by atoms with van der Waals surface area (Å²) in [7, 11) is 0. The van der Waals surface area contributed by atoms with Gasteiger partial charge in [0.15, 0.2) is 5.58 Å². The maximum Gasteiger partial charge on any atom is 0.342 e. The number of hydrogen-bond acceptors (Lipinski definition) is 9. The van der Waals surface area contributed by atoms with Gasteiger partial charge >= 0.3 is 5.97 Å². The lowest BCUT2D eigenvalue weighted by Gasteiger charge is -2.23. The molecule has 1 aromatic heterocycles. The van der Waals surface area contributed by atoms with Crippen molar-refractivity contribution in [1.29, 1.82) is 0 Å². The first-order valence-corrected chi connectivity index (χ1v) is 15.7. The van der Waals surface area contributed by atoms with Crippen molar-refractivity contribution in [2.45, 2.75) is 64.5 Å². The lowest BCUT2D eigenvalue weighted by Crippen LogP contribution is -2.55. The highest BCUT2D eigenvalue weighted by molar-refractivity contribution is 6.06. The summed E-state index contributed by atoms with van der Waals surface area (Å²) in [5, 5.41) is 36.4. The molecule has 0 saturated heterocycles. The van der Waals surface area contributed by atoms with Crippen molar-refractivity contribution in [3.63, 3.8) is 0 Å². The minimum Gasteiger partial charge on any atom is -0.462 e.